The lowest BCUT2D eigenvalue weighted by Gasteiger charge is -2.30. The van der Waals surface area contributed by atoms with E-state index in [0.29, 0.717) is 5.82 Å². The van der Waals surface area contributed by atoms with Gasteiger partial charge in [0.1, 0.15) is 5.82 Å². The van der Waals surface area contributed by atoms with Gasteiger partial charge in [0.15, 0.2) is 0 Å². The Morgan fingerprint density at radius 2 is 2.50 bits per heavy atom. The molecule has 0 spiro atoms. The fourth-order valence-corrected chi connectivity index (χ4v) is 1.73. The number of hydrogen-bond donors (Lipinski definition) is 2. The summed E-state index contributed by atoms with van der Waals surface area (Å²) in [5.74, 6) is 0.541. The molecule has 1 fully saturated rings. The Morgan fingerprint density at radius 1 is 1.62 bits per heavy atom. The third-order valence-electron chi connectivity index (χ3n) is 2.66. The molecule has 0 aliphatic carbocycles. The summed E-state index contributed by atoms with van der Waals surface area (Å²) in [5, 5.41) is 3.29. The van der Waals surface area contributed by atoms with Crippen LogP contribution in [0.3, 0.4) is 0 Å². The number of hydrogen-bond acceptors (Lipinski definition) is 5. The van der Waals surface area contributed by atoms with Crippen molar-refractivity contribution >= 4 is 11.5 Å². The smallest absolute Gasteiger partial charge is 0.123 e. The summed E-state index contributed by atoms with van der Waals surface area (Å²) in [4.78, 5) is 6.30. The van der Waals surface area contributed by atoms with Crippen molar-refractivity contribution in [2.24, 2.45) is 0 Å². The molecule has 88 valence electrons. The van der Waals surface area contributed by atoms with Crippen LogP contribution in [0, 0.1) is 0 Å². The molecule has 5 nitrogen and oxygen atoms in total. The van der Waals surface area contributed by atoms with Gasteiger partial charge in [-0.1, -0.05) is 0 Å². The maximum Gasteiger partial charge on any atom is 0.123 e. The minimum Gasteiger partial charge on any atom is -0.384 e. The van der Waals surface area contributed by atoms with Crippen LogP contribution in [0.1, 0.15) is 0 Å². The molecular formula is C11H18N4O. The molecular weight excluding hydrogens is 204 g/mol. The van der Waals surface area contributed by atoms with E-state index in [9.17, 15) is 0 Å². The Bertz CT molecular complexity index is 327. The first kappa shape index (κ1) is 11.2. The van der Waals surface area contributed by atoms with Crippen molar-refractivity contribution in [3.63, 3.8) is 0 Å². The average Bonchev–Trinajstić information content (AvgIpc) is 2.28. The Labute approximate surface area is 95.6 Å². The van der Waals surface area contributed by atoms with Crippen LogP contribution in [-0.4, -0.2) is 49.3 Å². The second-order valence-electron chi connectivity index (χ2n) is 4.11. The standard InChI is InChI=1S/C11H18N4O/c1-15-4-5-16-10(8-15)7-13-9-2-3-11(12)14-6-9/h2-3,6,10,13H,4-5,7-8H2,1H3,(H2,12,14). The number of likely N-dealkylation sites (N-methyl/N-ethyl adjacent to an activating group) is 1. The summed E-state index contributed by atoms with van der Waals surface area (Å²) >= 11 is 0. The van der Waals surface area contributed by atoms with Crippen LogP contribution >= 0.6 is 0 Å². The van der Waals surface area contributed by atoms with E-state index in [2.05, 4.69) is 22.2 Å². The summed E-state index contributed by atoms with van der Waals surface area (Å²) in [6.07, 6.45) is 1.98. The molecule has 1 aliphatic rings. The first-order valence-corrected chi connectivity index (χ1v) is 5.49. The van der Waals surface area contributed by atoms with Gasteiger partial charge in [-0.2, -0.15) is 0 Å². The van der Waals surface area contributed by atoms with Gasteiger partial charge in [-0.25, -0.2) is 4.98 Å². The van der Waals surface area contributed by atoms with E-state index in [-0.39, 0.29) is 6.10 Å². The molecule has 0 saturated carbocycles. The average molecular weight is 222 g/mol. The van der Waals surface area contributed by atoms with Crippen LogP contribution in [0.25, 0.3) is 0 Å². The molecule has 1 aromatic heterocycles. The minimum atomic E-state index is 0.247. The van der Waals surface area contributed by atoms with Crippen molar-refractivity contribution < 1.29 is 4.74 Å². The van der Waals surface area contributed by atoms with Gasteiger partial charge in [-0.15, -0.1) is 0 Å². The number of aromatic nitrogens is 1. The second kappa shape index (κ2) is 5.14. The van der Waals surface area contributed by atoms with E-state index >= 15 is 0 Å². The van der Waals surface area contributed by atoms with Crippen molar-refractivity contribution in [3.8, 4) is 0 Å². The van der Waals surface area contributed by atoms with Crippen molar-refractivity contribution in [1.29, 1.82) is 0 Å². The fraction of sp³-hybridized carbons (Fsp3) is 0.545. The third kappa shape index (κ3) is 3.08. The highest BCUT2D eigenvalue weighted by molar-refractivity contribution is 5.45. The number of morpholine rings is 1. The lowest BCUT2D eigenvalue weighted by atomic mass is 10.2. The van der Waals surface area contributed by atoms with Gasteiger partial charge in [0.05, 0.1) is 24.6 Å². The van der Waals surface area contributed by atoms with Crippen molar-refractivity contribution in [3.05, 3.63) is 18.3 Å². The number of nitrogens with two attached hydrogens (primary N) is 1. The Kier molecular flexibility index (Phi) is 3.58. The number of anilines is 2. The summed E-state index contributed by atoms with van der Waals surface area (Å²) in [6.45, 7) is 3.59. The van der Waals surface area contributed by atoms with Gasteiger partial charge >= 0.3 is 0 Å². The highest BCUT2D eigenvalue weighted by Crippen LogP contribution is 2.09. The molecule has 0 bridgehead atoms. The quantitative estimate of drug-likeness (QED) is 0.775. The highest BCUT2D eigenvalue weighted by atomic mass is 16.5. The molecule has 1 aromatic rings. The molecule has 5 heteroatoms. The van der Waals surface area contributed by atoms with Gasteiger partial charge in [-0.05, 0) is 19.2 Å². The Morgan fingerprint density at radius 3 is 3.19 bits per heavy atom. The first-order chi connectivity index (χ1) is 7.74. The molecule has 2 heterocycles. The molecule has 0 amide bonds. The zero-order chi connectivity index (χ0) is 11.4. The Balaban J connectivity index is 1.80. The summed E-state index contributed by atoms with van der Waals surface area (Å²) < 4.78 is 5.64. The van der Waals surface area contributed by atoms with Crippen LogP contribution in [0.4, 0.5) is 11.5 Å². The molecule has 0 radical (unpaired) electrons. The molecule has 2 rings (SSSR count). The number of pyridine rings is 1. The summed E-state index contributed by atoms with van der Waals surface area (Å²) in [7, 11) is 2.11. The lowest BCUT2D eigenvalue weighted by molar-refractivity contribution is -0.0117. The van der Waals surface area contributed by atoms with Gasteiger partial charge < -0.3 is 20.7 Å². The zero-order valence-corrected chi connectivity index (χ0v) is 9.52. The predicted octanol–water partition coefficient (Wildman–Crippen LogP) is 0.406. The van der Waals surface area contributed by atoms with Crippen LogP contribution in [0.5, 0.6) is 0 Å². The van der Waals surface area contributed by atoms with Gasteiger partial charge in [-0.3, -0.25) is 0 Å². The number of ether oxygens (including phenoxy) is 1. The normalized spacial score (nSPS) is 21.9. The van der Waals surface area contributed by atoms with Crippen molar-refractivity contribution in [1.82, 2.24) is 9.88 Å². The van der Waals surface area contributed by atoms with Crippen LogP contribution < -0.4 is 11.1 Å². The number of nitrogen functional groups attached to an aromatic ring is 1. The van der Waals surface area contributed by atoms with E-state index in [1.165, 1.54) is 0 Å². The highest BCUT2D eigenvalue weighted by Gasteiger charge is 2.16. The van der Waals surface area contributed by atoms with Crippen molar-refractivity contribution in [2.45, 2.75) is 6.10 Å². The van der Waals surface area contributed by atoms with E-state index in [4.69, 9.17) is 10.5 Å². The molecule has 16 heavy (non-hydrogen) atoms. The number of nitrogens with zero attached hydrogens (tertiary/aromatic N) is 2. The van der Waals surface area contributed by atoms with E-state index in [0.717, 1.165) is 31.9 Å². The van der Waals surface area contributed by atoms with Crippen LogP contribution in [-0.2, 0) is 4.74 Å². The van der Waals surface area contributed by atoms with Crippen LogP contribution in [0.15, 0.2) is 18.3 Å². The monoisotopic (exact) mass is 222 g/mol. The van der Waals surface area contributed by atoms with E-state index < -0.39 is 0 Å². The molecule has 0 aromatic carbocycles. The SMILES string of the molecule is CN1CCOC(CNc2ccc(N)nc2)C1. The van der Waals surface area contributed by atoms with E-state index in [1.54, 1.807) is 12.3 Å². The largest absolute Gasteiger partial charge is 0.384 e. The van der Waals surface area contributed by atoms with Gasteiger partial charge in [0, 0.05) is 19.6 Å². The first-order valence-electron chi connectivity index (χ1n) is 5.49. The molecule has 3 N–H and O–H groups in total. The predicted molar refractivity (Wildman–Crippen MR) is 64.4 cm³/mol. The topological polar surface area (TPSA) is 63.4 Å². The fourth-order valence-electron chi connectivity index (χ4n) is 1.73. The number of nitrogens with one attached hydrogen (secondary N) is 1. The van der Waals surface area contributed by atoms with Gasteiger partial charge in [0.25, 0.3) is 0 Å². The number of rotatable bonds is 3. The Hall–Kier alpha value is -1.33. The minimum absolute atomic E-state index is 0.247. The molecule has 1 atom stereocenters. The summed E-state index contributed by atoms with van der Waals surface area (Å²) in [6, 6.07) is 3.71. The lowest BCUT2D eigenvalue weighted by Crippen LogP contribution is -2.43. The van der Waals surface area contributed by atoms with Gasteiger partial charge in [0.2, 0.25) is 0 Å². The maximum absolute atomic E-state index is 5.64. The van der Waals surface area contributed by atoms with E-state index in [1.807, 2.05) is 6.07 Å². The van der Waals surface area contributed by atoms with Crippen molar-refractivity contribution in [2.75, 3.05) is 44.3 Å². The molecule has 1 aliphatic heterocycles. The third-order valence-corrected chi connectivity index (χ3v) is 2.66. The van der Waals surface area contributed by atoms with Crippen LogP contribution in [0.2, 0.25) is 0 Å². The summed E-state index contributed by atoms with van der Waals surface area (Å²) in [5.41, 5.74) is 6.49. The molecule has 1 saturated heterocycles. The molecule has 1 unspecified atom stereocenters. The second-order valence-corrected chi connectivity index (χ2v) is 4.11. The zero-order valence-electron chi connectivity index (χ0n) is 9.52. The maximum atomic E-state index is 5.64.